The van der Waals surface area contributed by atoms with Gasteiger partial charge in [-0.25, -0.2) is 0 Å². The first kappa shape index (κ1) is 9.65. The van der Waals surface area contributed by atoms with Gasteiger partial charge in [0.25, 0.3) is 0 Å². The highest BCUT2D eigenvalue weighted by molar-refractivity contribution is 9.10. The van der Waals surface area contributed by atoms with Crippen molar-refractivity contribution < 1.29 is 4.74 Å². The van der Waals surface area contributed by atoms with Crippen LogP contribution in [0.15, 0.2) is 15.9 Å². The summed E-state index contributed by atoms with van der Waals surface area (Å²) in [7, 11) is 0. The van der Waals surface area contributed by atoms with Crippen molar-refractivity contribution in [3.63, 3.8) is 0 Å². The van der Waals surface area contributed by atoms with Crippen LogP contribution in [0.5, 0.6) is 0 Å². The maximum Gasteiger partial charge on any atom is 0.104 e. The molecule has 72 valence electrons. The summed E-state index contributed by atoms with van der Waals surface area (Å²) in [6.45, 7) is 3.99. The number of hydrogen-bond donors (Lipinski definition) is 1. The van der Waals surface area contributed by atoms with Crippen LogP contribution in [0, 0.1) is 0 Å². The number of halogens is 1. The Balaban J connectivity index is 2.08. The first-order chi connectivity index (χ1) is 6.25. The Bertz CT molecular complexity index is 289. The minimum atomic E-state index is 0.236. The molecule has 2 unspecified atom stereocenters. The zero-order valence-electron chi connectivity index (χ0n) is 7.42. The molecule has 1 aromatic heterocycles. The Labute approximate surface area is 90.4 Å². The summed E-state index contributed by atoms with van der Waals surface area (Å²) in [5.74, 6) is 0. The summed E-state index contributed by atoms with van der Waals surface area (Å²) < 4.78 is 6.96. The Hall–Kier alpha value is 0.1000. The van der Waals surface area contributed by atoms with Crippen molar-refractivity contribution in [2.45, 2.75) is 19.1 Å². The second-order valence-electron chi connectivity index (χ2n) is 3.26. The molecule has 0 aromatic carbocycles. The minimum Gasteiger partial charge on any atom is -0.367 e. The van der Waals surface area contributed by atoms with Crippen LogP contribution in [0.25, 0.3) is 0 Å². The highest BCUT2D eigenvalue weighted by Gasteiger charge is 2.21. The second-order valence-corrected chi connectivity index (χ2v) is 5.12. The molecule has 1 N–H and O–H groups in total. The van der Waals surface area contributed by atoms with Crippen LogP contribution in [0.1, 0.15) is 17.9 Å². The molecule has 0 aliphatic carbocycles. The van der Waals surface area contributed by atoms with E-state index in [1.807, 2.05) is 0 Å². The zero-order valence-corrected chi connectivity index (χ0v) is 9.82. The first-order valence-electron chi connectivity index (χ1n) is 4.36. The van der Waals surface area contributed by atoms with Gasteiger partial charge in [-0.3, -0.25) is 0 Å². The van der Waals surface area contributed by atoms with Gasteiger partial charge in [0.05, 0.1) is 6.10 Å². The fourth-order valence-electron chi connectivity index (χ4n) is 1.46. The van der Waals surface area contributed by atoms with E-state index in [4.69, 9.17) is 4.74 Å². The fraction of sp³-hybridized carbons (Fsp3) is 0.556. The lowest BCUT2D eigenvalue weighted by Crippen LogP contribution is -2.38. The van der Waals surface area contributed by atoms with E-state index in [1.165, 1.54) is 4.88 Å². The second kappa shape index (κ2) is 4.09. The van der Waals surface area contributed by atoms with Gasteiger partial charge in [0.1, 0.15) is 6.10 Å². The third kappa shape index (κ3) is 2.31. The van der Waals surface area contributed by atoms with Gasteiger partial charge >= 0.3 is 0 Å². The molecule has 1 aromatic rings. The largest absolute Gasteiger partial charge is 0.367 e. The van der Waals surface area contributed by atoms with E-state index in [1.54, 1.807) is 11.3 Å². The van der Waals surface area contributed by atoms with Crippen LogP contribution in [-0.2, 0) is 4.74 Å². The van der Waals surface area contributed by atoms with Crippen LogP contribution >= 0.6 is 27.3 Å². The van der Waals surface area contributed by atoms with Crippen molar-refractivity contribution >= 4 is 27.3 Å². The average Bonchev–Trinajstić information content (AvgIpc) is 2.52. The maximum atomic E-state index is 5.81. The van der Waals surface area contributed by atoms with Crippen molar-refractivity contribution in [1.29, 1.82) is 0 Å². The molecule has 4 heteroatoms. The molecular formula is C9H12BrNOS. The van der Waals surface area contributed by atoms with Gasteiger partial charge in [-0.1, -0.05) is 0 Å². The van der Waals surface area contributed by atoms with Gasteiger partial charge in [-0.2, -0.15) is 0 Å². The third-order valence-corrected chi connectivity index (χ3v) is 3.85. The molecule has 1 aliphatic rings. The van der Waals surface area contributed by atoms with Crippen LogP contribution in [0.2, 0.25) is 0 Å². The van der Waals surface area contributed by atoms with Gasteiger partial charge in [0.15, 0.2) is 0 Å². The summed E-state index contributed by atoms with van der Waals surface area (Å²) in [6, 6.07) is 2.13. The SMILES string of the molecule is CC1CNCC(c2cc(Br)cs2)O1. The lowest BCUT2D eigenvalue weighted by atomic mass is 10.2. The standard InChI is InChI=1S/C9H12BrNOS/c1-6-3-11-4-8(12-6)9-2-7(10)5-13-9/h2,5-6,8,11H,3-4H2,1H3. The molecule has 0 spiro atoms. The topological polar surface area (TPSA) is 21.3 Å². The summed E-state index contributed by atoms with van der Waals surface area (Å²) in [4.78, 5) is 1.30. The number of nitrogens with one attached hydrogen (secondary N) is 1. The van der Waals surface area contributed by atoms with Crippen molar-refractivity contribution in [2.75, 3.05) is 13.1 Å². The highest BCUT2D eigenvalue weighted by Crippen LogP contribution is 2.29. The van der Waals surface area contributed by atoms with Gasteiger partial charge in [0.2, 0.25) is 0 Å². The van der Waals surface area contributed by atoms with E-state index in [9.17, 15) is 0 Å². The number of morpholine rings is 1. The van der Waals surface area contributed by atoms with Crippen LogP contribution < -0.4 is 5.32 Å². The lowest BCUT2D eigenvalue weighted by Gasteiger charge is -2.27. The predicted octanol–water partition coefficient (Wildman–Crippen LogP) is 2.56. The molecule has 2 nitrogen and oxygen atoms in total. The molecular weight excluding hydrogens is 250 g/mol. The van der Waals surface area contributed by atoms with Gasteiger partial charge in [0, 0.05) is 27.8 Å². The molecule has 0 bridgehead atoms. The van der Waals surface area contributed by atoms with Crippen molar-refractivity contribution in [3.8, 4) is 0 Å². The molecule has 1 fully saturated rings. The summed E-state index contributed by atoms with van der Waals surface area (Å²) in [5.41, 5.74) is 0. The normalized spacial score (nSPS) is 29.1. The summed E-state index contributed by atoms with van der Waals surface area (Å²) in [5, 5.41) is 5.45. The van der Waals surface area contributed by atoms with Gasteiger partial charge in [-0.15, -0.1) is 11.3 Å². The number of thiophene rings is 1. The molecule has 2 rings (SSSR count). The highest BCUT2D eigenvalue weighted by atomic mass is 79.9. The molecule has 0 amide bonds. The predicted molar refractivity (Wildman–Crippen MR) is 58.2 cm³/mol. The van der Waals surface area contributed by atoms with Crippen LogP contribution in [-0.4, -0.2) is 19.2 Å². The Morgan fingerprint density at radius 2 is 2.46 bits per heavy atom. The quantitative estimate of drug-likeness (QED) is 0.839. The van der Waals surface area contributed by atoms with E-state index in [0.29, 0.717) is 6.10 Å². The van der Waals surface area contributed by atoms with Gasteiger partial charge < -0.3 is 10.1 Å². The molecule has 0 saturated carbocycles. The number of ether oxygens (including phenoxy) is 1. The lowest BCUT2D eigenvalue weighted by molar-refractivity contribution is -0.0268. The molecule has 13 heavy (non-hydrogen) atoms. The molecule has 1 aliphatic heterocycles. The Kier molecular flexibility index (Phi) is 3.03. The minimum absolute atomic E-state index is 0.236. The monoisotopic (exact) mass is 261 g/mol. The van der Waals surface area contributed by atoms with E-state index >= 15 is 0 Å². The molecule has 2 atom stereocenters. The van der Waals surface area contributed by atoms with Crippen molar-refractivity contribution in [3.05, 3.63) is 20.8 Å². The zero-order chi connectivity index (χ0) is 9.26. The molecule has 0 radical (unpaired) electrons. The Morgan fingerprint density at radius 1 is 1.62 bits per heavy atom. The van der Waals surface area contributed by atoms with E-state index in [-0.39, 0.29) is 6.10 Å². The first-order valence-corrected chi connectivity index (χ1v) is 6.03. The smallest absolute Gasteiger partial charge is 0.104 e. The number of rotatable bonds is 1. The van der Waals surface area contributed by atoms with Gasteiger partial charge in [-0.05, 0) is 28.9 Å². The number of hydrogen-bond acceptors (Lipinski definition) is 3. The molecule has 2 heterocycles. The van der Waals surface area contributed by atoms with Crippen LogP contribution in [0.4, 0.5) is 0 Å². The van der Waals surface area contributed by atoms with E-state index in [2.05, 4.69) is 39.6 Å². The fourth-order valence-corrected chi connectivity index (χ4v) is 2.94. The summed E-state index contributed by atoms with van der Waals surface area (Å²) >= 11 is 5.19. The third-order valence-electron chi connectivity index (χ3n) is 2.06. The van der Waals surface area contributed by atoms with E-state index in [0.717, 1.165) is 17.6 Å². The molecule has 1 saturated heterocycles. The van der Waals surface area contributed by atoms with Crippen molar-refractivity contribution in [1.82, 2.24) is 5.32 Å². The van der Waals surface area contributed by atoms with E-state index < -0.39 is 0 Å². The maximum absolute atomic E-state index is 5.81. The van der Waals surface area contributed by atoms with Crippen molar-refractivity contribution in [2.24, 2.45) is 0 Å². The summed E-state index contributed by atoms with van der Waals surface area (Å²) in [6.07, 6.45) is 0.555. The average molecular weight is 262 g/mol. The Morgan fingerprint density at radius 3 is 3.08 bits per heavy atom. The van der Waals surface area contributed by atoms with Crippen LogP contribution in [0.3, 0.4) is 0 Å².